The number of amides is 2. The van der Waals surface area contributed by atoms with Crippen LogP contribution in [0.5, 0.6) is 0 Å². The molecule has 0 atom stereocenters. The van der Waals surface area contributed by atoms with Gasteiger partial charge in [0.15, 0.2) is 0 Å². The zero-order chi connectivity index (χ0) is 18.6. The molecule has 8 heteroatoms. The second-order valence-electron chi connectivity index (χ2n) is 7.06. The SMILES string of the molecule is Cc1ccc(-c2nnn(CC(=O)N(C)CC(=O)NC(C)(C)C)n2)cc1. The minimum absolute atomic E-state index is 0.0182. The third-order valence-corrected chi connectivity index (χ3v) is 3.36. The van der Waals surface area contributed by atoms with Gasteiger partial charge in [0.25, 0.3) is 0 Å². The summed E-state index contributed by atoms with van der Waals surface area (Å²) >= 11 is 0. The molecule has 134 valence electrons. The van der Waals surface area contributed by atoms with Crippen LogP contribution in [-0.4, -0.2) is 56.1 Å². The molecule has 0 saturated heterocycles. The Labute approximate surface area is 147 Å². The lowest BCUT2D eigenvalue weighted by molar-refractivity contribution is -0.136. The topological polar surface area (TPSA) is 93.0 Å². The highest BCUT2D eigenvalue weighted by atomic mass is 16.2. The monoisotopic (exact) mass is 344 g/mol. The number of nitrogens with zero attached hydrogens (tertiary/aromatic N) is 5. The Morgan fingerprint density at radius 2 is 1.84 bits per heavy atom. The normalized spacial score (nSPS) is 11.2. The number of aryl methyl sites for hydroxylation is 1. The van der Waals surface area contributed by atoms with E-state index in [9.17, 15) is 9.59 Å². The zero-order valence-electron chi connectivity index (χ0n) is 15.3. The molecule has 2 amide bonds. The molecule has 0 unspecified atom stereocenters. The van der Waals surface area contributed by atoms with E-state index in [1.165, 1.54) is 9.70 Å². The van der Waals surface area contributed by atoms with Gasteiger partial charge < -0.3 is 10.2 Å². The number of likely N-dealkylation sites (N-methyl/N-ethyl adjacent to an activating group) is 1. The highest BCUT2D eigenvalue weighted by molar-refractivity contribution is 5.84. The Balaban J connectivity index is 1.94. The summed E-state index contributed by atoms with van der Waals surface area (Å²) in [5.41, 5.74) is 1.64. The second kappa shape index (κ2) is 7.42. The molecule has 0 bridgehead atoms. The van der Waals surface area contributed by atoms with E-state index in [0.717, 1.165) is 11.1 Å². The van der Waals surface area contributed by atoms with Crippen molar-refractivity contribution < 1.29 is 9.59 Å². The first kappa shape index (κ1) is 18.6. The number of aromatic nitrogens is 4. The number of nitrogens with one attached hydrogen (secondary N) is 1. The van der Waals surface area contributed by atoms with E-state index in [2.05, 4.69) is 20.7 Å². The van der Waals surface area contributed by atoms with Crippen molar-refractivity contribution in [1.82, 2.24) is 30.4 Å². The van der Waals surface area contributed by atoms with Crippen LogP contribution in [0.2, 0.25) is 0 Å². The van der Waals surface area contributed by atoms with Gasteiger partial charge in [0, 0.05) is 18.2 Å². The molecule has 1 aromatic carbocycles. The largest absolute Gasteiger partial charge is 0.350 e. The Kier molecular flexibility index (Phi) is 5.51. The Morgan fingerprint density at radius 1 is 1.20 bits per heavy atom. The summed E-state index contributed by atoms with van der Waals surface area (Å²) in [5, 5.41) is 14.9. The zero-order valence-corrected chi connectivity index (χ0v) is 15.3. The van der Waals surface area contributed by atoms with Crippen LogP contribution in [-0.2, 0) is 16.1 Å². The van der Waals surface area contributed by atoms with E-state index >= 15 is 0 Å². The van der Waals surface area contributed by atoms with Crippen LogP contribution >= 0.6 is 0 Å². The number of rotatable bonds is 5. The van der Waals surface area contributed by atoms with E-state index in [-0.39, 0.29) is 30.4 Å². The summed E-state index contributed by atoms with van der Waals surface area (Å²) < 4.78 is 0. The molecule has 8 nitrogen and oxygen atoms in total. The number of benzene rings is 1. The Hall–Kier alpha value is -2.77. The van der Waals surface area contributed by atoms with E-state index in [0.29, 0.717) is 5.82 Å². The van der Waals surface area contributed by atoms with Gasteiger partial charge in [-0.2, -0.15) is 4.80 Å². The molecule has 0 aliphatic heterocycles. The van der Waals surface area contributed by atoms with Crippen LogP contribution in [0.15, 0.2) is 24.3 Å². The molecular formula is C17H24N6O2. The first-order valence-electron chi connectivity index (χ1n) is 8.04. The summed E-state index contributed by atoms with van der Waals surface area (Å²) in [4.78, 5) is 26.7. The number of tetrazole rings is 1. The van der Waals surface area contributed by atoms with Crippen molar-refractivity contribution in [1.29, 1.82) is 0 Å². The van der Waals surface area contributed by atoms with Crippen molar-refractivity contribution in [2.45, 2.75) is 39.8 Å². The number of carbonyl (C=O) groups excluding carboxylic acids is 2. The predicted octanol–water partition coefficient (Wildman–Crippen LogP) is 1.02. The van der Waals surface area contributed by atoms with Gasteiger partial charge in [0.2, 0.25) is 17.6 Å². The lowest BCUT2D eigenvalue weighted by Crippen LogP contribution is -2.46. The maximum absolute atomic E-state index is 12.2. The number of carbonyl (C=O) groups is 2. The third-order valence-electron chi connectivity index (χ3n) is 3.36. The minimum atomic E-state index is -0.336. The molecule has 0 spiro atoms. The van der Waals surface area contributed by atoms with Gasteiger partial charge >= 0.3 is 0 Å². The lowest BCUT2D eigenvalue weighted by Gasteiger charge is -2.23. The van der Waals surface area contributed by atoms with Gasteiger partial charge in [0.05, 0.1) is 6.54 Å². The van der Waals surface area contributed by atoms with Crippen molar-refractivity contribution in [2.75, 3.05) is 13.6 Å². The first-order valence-corrected chi connectivity index (χ1v) is 8.04. The first-order chi connectivity index (χ1) is 11.6. The average Bonchev–Trinajstić information content (AvgIpc) is 2.94. The van der Waals surface area contributed by atoms with E-state index in [4.69, 9.17) is 0 Å². The van der Waals surface area contributed by atoms with Crippen molar-refractivity contribution in [3.05, 3.63) is 29.8 Å². The average molecular weight is 344 g/mol. The van der Waals surface area contributed by atoms with Crippen molar-refractivity contribution in [3.63, 3.8) is 0 Å². The van der Waals surface area contributed by atoms with Gasteiger partial charge in [-0.05, 0) is 32.9 Å². The molecule has 1 aromatic heterocycles. The standard InChI is InChI=1S/C17H24N6O2/c1-12-6-8-13(9-7-12)16-19-21-23(20-16)11-15(25)22(5)10-14(24)18-17(2,3)4/h6-9H,10-11H2,1-5H3,(H,18,24). The van der Waals surface area contributed by atoms with Crippen molar-refractivity contribution in [2.24, 2.45) is 0 Å². The van der Waals surface area contributed by atoms with Crippen LogP contribution in [0.3, 0.4) is 0 Å². The molecule has 0 aliphatic rings. The van der Waals surface area contributed by atoms with Crippen LogP contribution in [0.1, 0.15) is 26.3 Å². The maximum Gasteiger partial charge on any atom is 0.246 e. The smallest absolute Gasteiger partial charge is 0.246 e. The maximum atomic E-state index is 12.2. The van der Waals surface area contributed by atoms with E-state index in [1.54, 1.807) is 7.05 Å². The molecule has 1 N–H and O–H groups in total. The summed E-state index contributed by atoms with van der Waals surface area (Å²) in [6.07, 6.45) is 0. The van der Waals surface area contributed by atoms with Crippen LogP contribution in [0, 0.1) is 6.92 Å². The van der Waals surface area contributed by atoms with Gasteiger partial charge in [0.1, 0.15) is 6.54 Å². The fourth-order valence-electron chi connectivity index (χ4n) is 2.13. The number of hydrogen-bond acceptors (Lipinski definition) is 5. The highest BCUT2D eigenvalue weighted by Crippen LogP contribution is 2.13. The lowest BCUT2D eigenvalue weighted by atomic mass is 10.1. The molecule has 1 heterocycles. The quantitative estimate of drug-likeness (QED) is 0.874. The van der Waals surface area contributed by atoms with E-state index in [1.807, 2.05) is 52.0 Å². The fraction of sp³-hybridized carbons (Fsp3) is 0.471. The second-order valence-corrected chi connectivity index (χ2v) is 7.06. The van der Waals surface area contributed by atoms with Crippen LogP contribution in [0.25, 0.3) is 11.4 Å². The third kappa shape index (κ3) is 5.66. The number of hydrogen-bond donors (Lipinski definition) is 1. The molecule has 0 saturated carbocycles. The van der Waals surface area contributed by atoms with Crippen LogP contribution in [0.4, 0.5) is 0 Å². The summed E-state index contributed by atoms with van der Waals surface area (Å²) in [7, 11) is 1.57. The molecule has 0 fully saturated rings. The summed E-state index contributed by atoms with van der Waals surface area (Å²) in [6, 6.07) is 7.73. The molecule has 2 aromatic rings. The van der Waals surface area contributed by atoms with Gasteiger partial charge in [-0.1, -0.05) is 29.8 Å². The van der Waals surface area contributed by atoms with Crippen molar-refractivity contribution in [3.8, 4) is 11.4 Å². The Bertz CT molecular complexity index is 745. The van der Waals surface area contributed by atoms with E-state index < -0.39 is 0 Å². The minimum Gasteiger partial charge on any atom is -0.350 e. The van der Waals surface area contributed by atoms with Gasteiger partial charge in [-0.15, -0.1) is 10.2 Å². The van der Waals surface area contributed by atoms with Crippen LogP contribution < -0.4 is 5.32 Å². The highest BCUT2D eigenvalue weighted by Gasteiger charge is 2.18. The molecule has 2 rings (SSSR count). The summed E-state index contributed by atoms with van der Waals surface area (Å²) in [5.74, 6) is -0.0203. The van der Waals surface area contributed by atoms with Crippen molar-refractivity contribution >= 4 is 11.8 Å². The molecule has 0 radical (unpaired) electrons. The molecular weight excluding hydrogens is 320 g/mol. The Morgan fingerprint density at radius 3 is 2.44 bits per heavy atom. The van der Waals surface area contributed by atoms with Gasteiger partial charge in [-0.3, -0.25) is 9.59 Å². The molecule has 25 heavy (non-hydrogen) atoms. The molecule has 0 aliphatic carbocycles. The van der Waals surface area contributed by atoms with Gasteiger partial charge in [-0.25, -0.2) is 0 Å². The predicted molar refractivity (Wildman–Crippen MR) is 93.5 cm³/mol. The summed E-state index contributed by atoms with van der Waals surface area (Å²) in [6.45, 7) is 7.57. The fourth-order valence-corrected chi connectivity index (χ4v) is 2.13.